The summed E-state index contributed by atoms with van der Waals surface area (Å²) < 4.78 is 6.69. The summed E-state index contributed by atoms with van der Waals surface area (Å²) in [5.74, 6) is -0.215. The third-order valence-electron chi connectivity index (χ3n) is 3.29. The predicted octanol–water partition coefficient (Wildman–Crippen LogP) is -0.152. The van der Waals surface area contributed by atoms with Crippen molar-refractivity contribution in [2.45, 2.75) is 13.0 Å². The van der Waals surface area contributed by atoms with Crippen LogP contribution >= 0.6 is 0 Å². The Morgan fingerprint density at radius 2 is 2.17 bits per heavy atom. The van der Waals surface area contributed by atoms with Crippen LogP contribution in [-0.2, 0) is 16.6 Å². The second-order valence-corrected chi connectivity index (χ2v) is 4.56. The minimum Gasteiger partial charge on any atom is -0.468 e. The topological polar surface area (TPSA) is 59.4 Å². The Morgan fingerprint density at radius 3 is 2.67 bits per heavy atom. The van der Waals surface area contributed by atoms with Gasteiger partial charge in [0, 0.05) is 45.0 Å². The van der Waals surface area contributed by atoms with E-state index >= 15 is 0 Å². The van der Waals surface area contributed by atoms with E-state index in [2.05, 4.69) is 15.3 Å². The third kappa shape index (κ3) is 2.54. The molecule has 1 fully saturated rings. The van der Waals surface area contributed by atoms with Crippen molar-refractivity contribution in [1.82, 2.24) is 20.0 Å². The van der Waals surface area contributed by atoms with Crippen molar-refractivity contribution in [3.63, 3.8) is 0 Å². The van der Waals surface area contributed by atoms with Crippen LogP contribution in [0.4, 0.5) is 0 Å². The van der Waals surface area contributed by atoms with E-state index < -0.39 is 0 Å². The van der Waals surface area contributed by atoms with Gasteiger partial charge in [0.15, 0.2) is 0 Å². The second-order valence-electron chi connectivity index (χ2n) is 4.56. The van der Waals surface area contributed by atoms with E-state index in [-0.39, 0.29) is 12.0 Å². The lowest BCUT2D eigenvalue weighted by Gasteiger charge is -2.32. The fourth-order valence-corrected chi connectivity index (χ4v) is 2.41. The number of nitrogens with zero attached hydrogens (tertiary/aromatic N) is 3. The van der Waals surface area contributed by atoms with Crippen molar-refractivity contribution in [3.05, 3.63) is 17.5 Å². The molecule has 1 aromatic heterocycles. The molecule has 1 aliphatic heterocycles. The minimum absolute atomic E-state index is 0.215. The molecular weight excluding hydrogens is 232 g/mol. The summed E-state index contributed by atoms with van der Waals surface area (Å²) in [7, 11) is 3.30. The van der Waals surface area contributed by atoms with Gasteiger partial charge >= 0.3 is 5.97 Å². The molecule has 0 aliphatic carbocycles. The molecule has 1 saturated heterocycles. The summed E-state index contributed by atoms with van der Waals surface area (Å²) in [5, 5.41) is 7.59. The first-order chi connectivity index (χ1) is 8.63. The van der Waals surface area contributed by atoms with Gasteiger partial charge in [0.25, 0.3) is 0 Å². The summed E-state index contributed by atoms with van der Waals surface area (Å²) in [4.78, 5) is 14.2. The maximum atomic E-state index is 12.1. The molecule has 0 saturated carbocycles. The summed E-state index contributed by atoms with van der Waals surface area (Å²) >= 11 is 0. The highest BCUT2D eigenvalue weighted by molar-refractivity contribution is 5.77. The number of aryl methyl sites for hydroxylation is 2. The summed E-state index contributed by atoms with van der Waals surface area (Å²) in [6.07, 6.45) is 1.90. The number of ether oxygens (including phenoxy) is 1. The number of esters is 1. The lowest BCUT2D eigenvalue weighted by Crippen LogP contribution is -2.47. The maximum Gasteiger partial charge on any atom is 0.327 e. The molecule has 0 radical (unpaired) electrons. The second kappa shape index (κ2) is 5.49. The highest BCUT2D eigenvalue weighted by Gasteiger charge is 2.31. The first-order valence-corrected chi connectivity index (χ1v) is 6.16. The molecular formula is C12H20N4O2. The number of nitrogens with one attached hydrogen (secondary N) is 1. The fourth-order valence-electron chi connectivity index (χ4n) is 2.41. The van der Waals surface area contributed by atoms with E-state index in [0.717, 1.165) is 37.4 Å². The average Bonchev–Trinajstić information content (AvgIpc) is 2.70. The van der Waals surface area contributed by atoms with Gasteiger partial charge in [0.05, 0.1) is 12.8 Å². The van der Waals surface area contributed by atoms with Crippen molar-refractivity contribution in [3.8, 4) is 0 Å². The number of hydrogen-bond acceptors (Lipinski definition) is 5. The summed E-state index contributed by atoms with van der Waals surface area (Å²) in [6, 6.07) is -0.342. The highest BCUT2D eigenvalue weighted by atomic mass is 16.5. The van der Waals surface area contributed by atoms with E-state index in [1.807, 2.05) is 20.2 Å². The molecule has 2 heterocycles. The van der Waals surface area contributed by atoms with Crippen LogP contribution in [0, 0.1) is 6.92 Å². The van der Waals surface area contributed by atoms with Crippen molar-refractivity contribution >= 4 is 5.97 Å². The van der Waals surface area contributed by atoms with E-state index in [4.69, 9.17) is 4.74 Å². The molecule has 1 atom stereocenters. The Hall–Kier alpha value is -1.40. The Kier molecular flexibility index (Phi) is 3.98. The highest BCUT2D eigenvalue weighted by Crippen LogP contribution is 2.24. The van der Waals surface area contributed by atoms with Gasteiger partial charge < -0.3 is 10.1 Å². The Balaban J connectivity index is 2.29. The minimum atomic E-state index is -0.342. The molecule has 0 spiro atoms. The summed E-state index contributed by atoms with van der Waals surface area (Å²) in [5.41, 5.74) is 1.82. The van der Waals surface area contributed by atoms with Crippen molar-refractivity contribution in [2.75, 3.05) is 33.3 Å². The molecule has 0 bridgehead atoms. The smallest absolute Gasteiger partial charge is 0.327 e. The average molecular weight is 252 g/mol. The zero-order valence-corrected chi connectivity index (χ0v) is 11.1. The van der Waals surface area contributed by atoms with Crippen molar-refractivity contribution in [1.29, 1.82) is 0 Å². The van der Waals surface area contributed by atoms with E-state index in [1.54, 1.807) is 4.68 Å². The molecule has 6 heteroatoms. The monoisotopic (exact) mass is 252 g/mol. The molecule has 0 amide bonds. The van der Waals surface area contributed by atoms with Crippen LogP contribution in [0.5, 0.6) is 0 Å². The van der Waals surface area contributed by atoms with E-state index in [9.17, 15) is 4.79 Å². The lowest BCUT2D eigenvalue weighted by molar-refractivity contribution is -0.147. The molecule has 2 rings (SSSR count). The normalized spacial score (nSPS) is 18.6. The standard InChI is InChI=1S/C12H20N4O2/c1-9-10(8-15(2)14-9)11(12(17)18-3)16-6-4-13-5-7-16/h8,11,13H,4-7H2,1-3H3. The van der Waals surface area contributed by atoms with Crippen LogP contribution < -0.4 is 5.32 Å². The molecule has 1 aromatic rings. The number of piperazine rings is 1. The number of hydrogen-bond donors (Lipinski definition) is 1. The van der Waals surface area contributed by atoms with Gasteiger partial charge in [0.1, 0.15) is 6.04 Å². The summed E-state index contributed by atoms with van der Waals surface area (Å²) in [6.45, 7) is 5.40. The fraction of sp³-hybridized carbons (Fsp3) is 0.667. The van der Waals surface area contributed by atoms with Gasteiger partial charge in [-0.25, -0.2) is 4.79 Å². The predicted molar refractivity (Wildman–Crippen MR) is 67.1 cm³/mol. The number of rotatable bonds is 3. The third-order valence-corrected chi connectivity index (χ3v) is 3.29. The number of methoxy groups -OCH3 is 1. The largest absolute Gasteiger partial charge is 0.468 e. The van der Waals surface area contributed by atoms with Crippen LogP contribution in [-0.4, -0.2) is 53.9 Å². The van der Waals surface area contributed by atoms with Crippen LogP contribution in [0.1, 0.15) is 17.3 Å². The van der Waals surface area contributed by atoms with Crippen molar-refractivity contribution < 1.29 is 9.53 Å². The number of carbonyl (C=O) groups is 1. The van der Waals surface area contributed by atoms with Crippen LogP contribution in [0.15, 0.2) is 6.20 Å². The quantitative estimate of drug-likeness (QED) is 0.758. The zero-order chi connectivity index (χ0) is 13.1. The van der Waals surface area contributed by atoms with Crippen LogP contribution in [0.25, 0.3) is 0 Å². The molecule has 18 heavy (non-hydrogen) atoms. The molecule has 1 unspecified atom stereocenters. The zero-order valence-electron chi connectivity index (χ0n) is 11.1. The van der Waals surface area contributed by atoms with E-state index in [0.29, 0.717) is 0 Å². The Morgan fingerprint density at radius 1 is 1.50 bits per heavy atom. The van der Waals surface area contributed by atoms with Gasteiger partial charge in [-0.2, -0.15) is 5.10 Å². The number of carbonyl (C=O) groups excluding carboxylic acids is 1. The Labute approximate surface area is 107 Å². The van der Waals surface area contributed by atoms with Crippen molar-refractivity contribution in [2.24, 2.45) is 7.05 Å². The van der Waals surface area contributed by atoms with Gasteiger partial charge in [-0.15, -0.1) is 0 Å². The van der Waals surface area contributed by atoms with Gasteiger partial charge in [-0.05, 0) is 6.92 Å². The molecule has 1 aliphatic rings. The Bertz CT molecular complexity index is 424. The SMILES string of the molecule is COC(=O)C(c1cn(C)nc1C)N1CCNCC1. The molecule has 1 N–H and O–H groups in total. The first kappa shape index (κ1) is 13.0. The van der Waals surface area contributed by atoms with E-state index in [1.165, 1.54) is 7.11 Å². The van der Waals surface area contributed by atoms with Crippen LogP contribution in [0.3, 0.4) is 0 Å². The maximum absolute atomic E-state index is 12.1. The lowest BCUT2D eigenvalue weighted by atomic mass is 10.1. The van der Waals surface area contributed by atoms with Crippen LogP contribution in [0.2, 0.25) is 0 Å². The first-order valence-electron chi connectivity index (χ1n) is 6.16. The van der Waals surface area contributed by atoms with Gasteiger partial charge in [0.2, 0.25) is 0 Å². The molecule has 100 valence electrons. The molecule has 6 nitrogen and oxygen atoms in total. The van der Waals surface area contributed by atoms with Gasteiger partial charge in [-0.1, -0.05) is 0 Å². The molecule has 0 aromatic carbocycles. The van der Waals surface area contributed by atoms with Gasteiger partial charge in [-0.3, -0.25) is 9.58 Å². The number of aromatic nitrogens is 2.